The van der Waals surface area contributed by atoms with Gasteiger partial charge in [-0.15, -0.1) is 10.2 Å². The number of hydrogen-bond donors (Lipinski definition) is 1. The lowest BCUT2D eigenvalue weighted by Gasteiger charge is -2.11. The standard InChI is InChI=1S/C21H21ClN4O3S/c1-2-26-20(14-4-9-17-18(12-14)29-11-3-10-28-17)24-25-21(26)30-13-19(27)23-16-7-5-15(22)6-8-16/h4-9,12H,2-3,10-11,13H2,1H3,(H,23,27). The van der Waals surface area contributed by atoms with E-state index in [1.165, 1.54) is 11.8 Å². The molecule has 7 nitrogen and oxygen atoms in total. The van der Waals surface area contributed by atoms with E-state index in [9.17, 15) is 4.79 Å². The van der Waals surface area contributed by atoms with Crippen LogP contribution < -0.4 is 14.8 Å². The zero-order valence-corrected chi connectivity index (χ0v) is 18.0. The van der Waals surface area contributed by atoms with Gasteiger partial charge in [0, 0.05) is 29.2 Å². The van der Waals surface area contributed by atoms with Crippen molar-refractivity contribution in [3.05, 3.63) is 47.5 Å². The molecule has 0 bridgehead atoms. The number of carbonyl (C=O) groups excluding carboxylic acids is 1. The number of fused-ring (bicyclic) bond motifs is 1. The Hall–Kier alpha value is -2.71. The number of hydrogen-bond acceptors (Lipinski definition) is 6. The zero-order chi connectivity index (χ0) is 20.9. The second-order valence-corrected chi connectivity index (χ2v) is 7.99. The molecule has 156 valence electrons. The van der Waals surface area contributed by atoms with Crippen molar-refractivity contribution in [3.63, 3.8) is 0 Å². The molecule has 30 heavy (non-hydrogen) atoms. The Bertz CT molecular complexity index is 1040. The summed E-state index contributed by atoms with van der Waals surface area (Å²) < 4.78 is 13.5. The molecule has 0 saturated carbocycles. The van der Waals surface area contributed by atoms with Gasteiger partial charge in [-0.2, -0.15) is 0 Å². The normalized spacial score (nSPS) is 13.0. The maximum atomic E-state index is 12.3. The van der Waals surface area contributed by atoms with Gasteiger partial charge in [0.15, 0.2) is 22.5 Å². The number of anilines is 1. The highest BCUT2D eigenvalue weighted by Gasteiger charge is 2.18. The predicted molar refractivity (Wildman–Crippen MR) is 118 cm³/mol. The number of nitrogens with one attached hydrogen (secondary N) is 1. The molecule has 0 atom stereocenters. The Morgan fingerprint density at radius 1 is 1.13 bits per heavy atom. The molecule has 4 rings (SSSR count). The van der Waals surface area contributed by atoms with Gasteiger partial charge >= 0.3 is 0 Å². The van der Waals surface area contributed by atoms with Crippen LogP contribution in [0, 0.1) is 0 Å². The summed E-state index contributed by atoms with van der Waals surface area (Å²) in [6, 6.07) is 12.8. The third-order valence-corrected chi connectivity index (χ3v) is 5.72. The van der Waals surface area contributed by atoms with Gasteiger partial charge in [0.1, 0.15) is 0 Å². The maximum Gasteiger partial charge on any atom is 0.234 e. The van der Waals surface area contributed by atoms with Crippen molar-refractivity contribution in [1.82, 2.24) is 14.8 Å². The van der Waals surface area contributed by atoms with Gasteiger partial charge in [0.05, 0.1) is 19.0 Å². The van der Waals surface area contributed by atoms with E-state index in [1.54, 1.807) is 24.3 Å². The van der Waals surface area contributed by atoms with E-state index < -0.39 is 0 Å². The molecule has 2 heterocycles. The number of benzene rings is 2. The lowest BCUT2D eigenvalue weighted by Crippen LogP contribution is -2.14. The first-order valence-corrected chi connectivity index (χ1v) is 11.0. The van der Waals surface area contributed by atoms with E-state index >= 15 is 0 Å². The first kappa shape index (κ1) is 20.6. The summed E-state index contributed by atoms with van der Waals surface area (Å²) in [5.74, 6) is 2.29. The second-order valence-electron chi connectivity index (χ2n) is 6.61. The van der Waals surface area contributed by atoms with Crippen LogP contribution in [-0.2, 0) is 11.3 Å². The summed E-state index contributed by atoms with van der Waals surface area (Å²) in [6.45, 7) is 3.97. The van der Waals surface area contributed by atoms with Gasteiger partial charge in [-0.1, -0.05) is 23.4 Å². The highest BCUT2D eigenvalue weighted by molar-refractivity contribution is 7.99. The fraction of sp³-hybridized carbons (Fsp3) is 0.286. The minimum atomic E-state index is -0.120. The molecule has 0 unspecified atom stereocenters. The number of carbonyl (C=O) groups is 1. The third-order valence-electron chi connectivity index (χ3n) is 4.50. The summed E-state index contributed by atoms with van der Waals surface area (Å²) in [7, 11) is 0. The minimum absolute atomic E-state index is 0.120. The molecule has 0 fully saturated rings. The van der Waals surface area contributed by atoms with Crippen LogP contribution in [0.25, 0.3) is 11.4 Å². The average molecular weight is 445 g/mol. The van der Waals surface area contributed by atoms with Crippen molar-refractivity contribution in [3.8, 4) is 22.9 Å². The van der Waals surface area contributed by atoms with Crippen molar-refractivity contribution >= 4 is 35.0 Å². The van der Waals surface area contributed by atoms with Gasteiger partial charge in [-0.25, -0.2) is 0 Å². The van der Waals surface area contributed by atoms with Crippen LogP contribution in [0.4, 0.5) is 5.69 Å². The summed E-state index contributed by atoms with van der Waals surface area (Å²) in [4.78, 5) is 12.3. The molecule has 0 saturated heterocycles. The summed E-state index contributed by atoms with van der Waals surface area (Å²) in [5.41, 5.74) is 1.60. The Morgan fingerprint density at radius 2 is 1.90 bits per heavy atom. The van der Waals surface area contributed by atoms with E-state index in [0.29, 0.717) is 41.4 Å². The van der Waals surface area contributed by atoms with Crippen LogP contribution in [0.3, 0.4) is 0 Å². The smallest absolute Gasteiger partial charge is 0.234 e. The maximum absolute atomic E-state index is 12.3. The number of amides is 1. The summed E-state index contributed by atoms with van der Waals surface area (Å²) >= 11 is 7.22. The molecular formula is C21H21ClN4O3S. The number of thioether (sulfide) groups is 1. The topological polar surface area (TPSA) is 78.3 Å². The Balaban J connectivity index is 1.46. The largest absolute Gasteiger partial charge is 0.490 e. The lowest BCUT2D eigenvalue weighted by atomic mass is 10.2. The summed E-state index contributed by atoms with van der Waals surface area (Å²) in [5, 5.41) is 12.8. The van der Waals surface area contributed by atoms with Crippen molar-refractivity contribution in [2.75, 3.05) is 24.3 Å². The first-order valence-electron chi connectivity index (χ1n) is 9.65. The van der Waals surface area contributed by atoms with E-state index in [4.69, 9.17) is 21.1 Å². The van der Waals surface area contributed by atoms with Crippen molar-refractivity contribution in [2.24, 2.45) is 0 Å². The molecule has 2 aromatic carbocycles. The third kappa shape index (κ3) is 4.71. The quantitative estimate of drug-likeness (QED) is 0.563. The SMILES string of the molecule is CCn1c(SCC(=O)Nc2ccc(Cl)cc2)nnc1-c1ccc2c(c1)OCCCO2. The van der Waals surface area contributed by atoms with Gasteiger partial charge < -0.3 is 19.4 Å². The van der Waals surface area contributed by atoms with Gasteiger partial charge in [-0.05, 0) is 49.4 Å². The van der Waals surface area contributed by atoms with Gasteiger partial charge in [0.2, 0.25) is 5.91 Å². The predicted octanol–water partition coefficient (Wildman–Crippen LogP) is 4.51. The van der Waals surface area contributed by atoms with Crippen molar-refractivity contribution in [2.45, 2.75) is 25.0 Å². The monoisotopic (exact) mass is 444 g/mol. The molecular weight excluding hydrogens is 424 g/mol. The van der Waals surface area contributed by atoms with Crippen LogP contribution in [0.1, 0.15) is 13.3 Å². The fourth-order valence-corrected chi connectivity index (χ4v) is 3.99. The van der Waals surface area contributed by atoms with Crippen LogP contribution in [0.5, 0.6) is 11.5 Å². The molecule has 1 amide bonds. The number of ether oxygens (including phenoxy) is 2. The molecule has 1 aliphatic rings. The molecule has 0 radical (unpaired) electrons. The van der Waals surface area contributed by atoms with E-state index in [0.717, 1.165) is 23.6 Å². The molecule has 0 aliphatic carbocycles. The lowest BCUT2D eigenvalue weighted by molar-refractivity contribution is -0.113. The Kier molecular flexibility index (Phi) is 6.44. The Morgan fingerprint density at radius 3 is 2.67 bits per heavy atom. The molecule has 1 aromatic heterocycles. The molecule has 3 aromatic rings. The number of halogens is 1. The molecule has 9 heteroatoms. The van der Waals surface area contributed by atoms with E-state index in [-0.39, 0.29) is 11.7 Å². The first-order chi connectivity index (χ1) is 14.6. The summed E-state index contributed by atoms with van der Waals surface area (Å²) in [6.07, 6.45) is 0.855. The molecule has 1 N–H and O–H groups in total. The number of nitrogens with zero attached hydrogens (tertiary/aromatic N) is 3. The van der Waals surface area contributed by atoms with Crippen molar-refractivity contribution in [1.29, 1.82) is 0 Å². The van der Waals surface area contributed by atoms with Crippen LogP contribution >= 0.6 is 23.4 Å². The van der Waals surface area contributed by atoms with E-state index in [2.05, 4.69) is 15.5 Å². The van der Waals surface area contributed by atoms with Gasteiger partial charge in [-0.3, -0.25) is 4.79 Å². The van der Waals surface area contributed by atoms with Crippen molar-refractivity contribution < 1.29 is 14.3 Å². The Labute approximate surface area is 183 Å². The zero-order valence-electron chi connectivity index (χ0n) is 16.4. The molecule has 1 aliphatic heterocycles. The number of aromatic nitrogens is 3. The van der Waals surface area contributed by atoms with Gasteiger partial charge in [0.25, 0.3) is 0 Å². The number of rotatable bonds is 6. The minimum Gasteiger partial charge on any atom is -0.490 e. The van der Waals surface area contributed by atoms with E-state index in [1.807, 2.05) is 29.7 Å². The highest BCUT2D eigenvalue weighted by Crippen LogP contribution is 2.34. The van der Waals surface area contributed by atoms with Crippen LogP contribution in [0.2, 0.25) is 5.02 Å². The average Bonchev–Trinajstić information content (AvgIpc) is 3.02. The van der Waals surface area contributed by atoms with Crippen LogP contribution in [0.15, 0.2) is 47.6 Å². The fourth-order valence-electron chi connectivity index (χ4n) is 3.06. The molecule has 0 spiro atoms. The highest BCUT2D eigenvalue weighted by atomic mass is 35.5. The second kappa shape index (κ2) is 9.40. The van der Waals surface area contributed by atoms with Crippen LogP contribution in [-0.4, -0.2) is 39.6 Å².